The summed E-state index contributed by atoms with van der Waals surface area (Å²) in [6.07, 6.45) is 14.1. The van der Waals surface area contributed by atoms with Gasteiger partial charge in [-0.15, -0.1) is 5.06 Å². The van der Waals surface area contributed by atoms with Gasteiger partial charge >= 0.3 is 5.97 Å². The molecule has 1 N–H and O–H groups in total. The largest absolute Gasteiger partial charge is 0.378 e. The van der Waals surface area contributed by atoms with Gasteiger partial charge in [0.05, 0.1) is 32.8 Å². The fourth-order valence-electron chi connectivity index (χ4n) is 5.74. The van der Waals surface area contributed by atoms with Crippen LogP contribution in [0.3, 0.4) is 0 Å². The van der Waals surface area contributed by atoms with E-state index in [0.717, 1.165) is 38.5 Å². The summed E-state index contributed by atoms with van der Waals surface area (Å²) in [5.74, 6) is -0.922. The van der Waals surface area contributed by atoms with Crippen LogP contribution < -0.4 is 5.32 Å². The monoisotopic (exact) mass is 550 g/mol. The standard InChI is InChI=1S/C29H46N2O8/c32-25-14-15-26(33)31(25)39-27(34)16-18-37-20-21-38-19-17-30-29(36)24-12-10-23(11-13-24)28(35)22-8-6-4-2-1-3-5-7-9-22/h22-24H,1-21H2,(H,30,36). The maximum atomic E-state index is 13.2. The lowest BCUT2D eigenvalue weighted by Crippen LogP contribution is -2.37. The average molecular weight is 551 g/mol. The van der Waals surface area contributed by atoms with E-state index in [1.54, 1.807) is 0 Å². The molecule has 0 bridgehead atoms. The molecule has 3 amide bonds. The van der Waals surface area contributed by atoms with Gasteiger partial charge in [-0.05, 0) is 38.5 Å². The van der Waals surface area contributed by atoms with E-state index in [-0.39, 0.29) is 56.1 Å². The van der Waals surface area contributed by atoms with Crippen LogP contribution in [0.4, 0.5) is 0 Å². The lowest BCUT2D eigenvalue weighted by Gasteiger charge is -2.29. The van der Waals surface area contributed by atoms with Crippen molar-refractivity contribution in [3.05, 3.63) is 0 Å². The fourth-order valence-corrected chi connectivity index (χ4v) is 5.74. The Hall–Kier alpha value is -2.33. The minimum Gasteiger partial charge on any atom is -0.378 e. The zero-order chi connectivity index (χ0) is 27.9. The van der Waals surface area contributed by atoms with Crippen LogP contribution in [0.25, 0.3) is 0 Å². The first-order valence-electron chi connectivity index (χ1n) is 15.0. The molecule has 2 saturated carbocycles. The van der Waals surface area contributed by atoms with Crippen LogP contribution in [-0.4, -0.2) is 67.5 Å². The summed E-state index contributed by atoms with van der Waals surface area (Å²) in [6.45, 7) is 1.42. The maximum Gasteiger partial charge on any atom is 0.335 e. The molecule has 3 fully saturated rings. The average Bonchev–Trinajstić information content (AvgIpc) is 3.26. The van der Waals surface area contributed by atoms with Crippen LogP contribution in [0, 0.1) is 17.8 Å². The van der Waals surface area contributed by atoms with Crippen LogP contribution in [-0.2, 0) is 38.3 Å². The maximum absolute atomic E-state index is 13.2. The van der Waals surface area contributed by atoms with Crippen LogP contribution in [0.15, 0.2) is 0 Å². The summed E-state index contributed by atoms with van der Waals surface area (Å²) < 4.78 is 10.8. The van der Waals surface area contributed by atoms with Crippen LogP contribution in [0.1, 0.15) is 103 Å². The third-order valence-electron chi connectivity index (χ3n) is 8.07. The first-order valence-corrected chi connectivity index (χ1v) is 15.0. The Morgan fingerprint density at radius 1 is 0.667 bits per heavy atom. The summed E-state index contributed by atoms with van der Waals surface area (Å²) in [5.41, 5.74) is 0. The Morgan fingerprint density at radius 2 is 1.18 bits per heavy atom. The minimum atomic E-state index is -0.703. The van der Waals surface area contributed by atoms with E-state index in [0.29, 0.717) is 30.6 Å². The van der Waals surface area contributed by atoms with Crippen molar-refractivity contribution in [3.8, 4) is 0 Å². The molecule has 0 unspecified atom stereocenters. The highest BCUT2D eigenvalue weighted by Gasteiger charge is 2.33. The Labute approximate surface area is 231 Å². The van der Waals surface area contributed by atoms with E-state index >= 15 is 0 Å². The fraction of sp³-hybridized carbons (Fsp3) is 0.828. The molecule has 0 aromatic rings. The summed E-state index contributed by atoms with van der Waals surface area (Å²) >= 11 is 0. The molecule has 0 radical (unpaired) electrons. The Bertz CT molecular complexity index is 798. The van der Waals surface area contributed by atoms with Crippen molar-refractivity contribution in [1.82, 2.24) is 10.4 Å². The normalized spacial score (nSPS) is 23.4. The van der Waals surface area contributed by atoms with Gasteiger partial charge in [-0.25, -0.2) is 4.79 Å². The second kappa shape index (κ2) is 17.4. The molecule has 0 atom stereocenters. The molecular weight excluding hydrogens is 504 g/mol. The molecule has 1 saturated heterocycles. The van der Waals surface area contributed by atoms with Crippen molar-refractivity contribution in [3.63, 3.8) is 0 Å². The Balaban J connectivity index is 1.18. The first kappa shape index (κ1) is 31.2. The number of carbonyl (C=O) groups is 5. The molecule has 39 heavy (non-hydrogen) atoms. The zero-order valence-corrected chi connectivity index (χ0v) is 23.3. The number of nitrogens with one attached hydrogen (secondary N) is 1. The van der Waals surface area contributed by atoms with Crippen molar-refractivity contribution < 1.29 is 38.3 Å². The number of Topliss-reactive ketones (excluding diaryl/α,β-unsaturated/α-hetero) is 1. The summed E-state index contributed by atoms with van der Waals surface area (Å²) in [5, 5.41) is 3.46. The predicted molar refractivity (Wildman–Crippen MR) is 142 cm³/mol. The predicted octanol–water partition coefficient (Wildman–Crippen LogP) is 3.65. The zero-order valence-electron chi connectivity index (χ0n) is 23.3. The number of hydrogen-bond donors (Lipinski definition) is 1. The van der Waals surface area contributed by atoms with Gasteiger partial charge in [-0.3, -0.25) is 19.2 Å². The van der Waals surface area contributed by atoms with E-state index in [1.807, 2.05) is 0 Å². The van der Waals surface area contributed by atoms with E-state index in [4.69, 9.17) is 14.3 Å². The summed E-state index contributed by atoms with van der Waals surface area (Å²) in [7, 11) is 0. The van der Waals surface area contributed by atoms with E-state index in [1.165, 1.54) is 44.9 Å². The summed E-state index contributed by atoms with van der Waals surface area (Å²) in [6, 6.07) is 0. The lowest BCUT2D eigenvalue weighted by atomic mass is 9.75. The number of amides is 3. The molecule has 0 aromatic heterocycles. The smallest absolute Gasteiger partial charge is 0.335 e. The van der Waals surface area contributed by atoms with Crippen molar-refractivity contribution >= 4 is 29.5 Å². The van der Waals surface area contributed by atoms with Crippen LogP contribution in [0.5, 0.6) is 0 Å². The third kappa shape index (κ3) is 11.0. The van der Waals surface area contributed by atoms with Crippen LogP contribution in [0.2, 0.25) is 0 Å². The molecule has 1 heterocycles. The van der Waals surface area contributed by atoms with E-state index in [9.17, 15) is 24.0 Å². The van der Waals surface area contributed by atoms with Gasteiger partial charge in [0.15, 0.2) is 0 Å². The van der Waals surface area contributed by atoms with Crippen molar-refractivity contribution in [2.24, 2.45) is 17.8 Å². The van der Waals surface area contributed by atoms with Gasteiger partial charge < -0.3 is 19.6 Å². The molecule has 220 valence electrons. The highest BCUT2D eigenvalue weighted by atomic mass is 16.7. The number of ether oxygens (including phenoxy) is 2. The van der Waals surface area contributed by atoms with Gasteiger partial charge in [-0.2, -0.15) is 0 Å². The highest BCUT2D eigenvalue weighted by molar-refractivity contribution is 6.01. The molecule has 0 spiro atoms. The number of hydrogen-bond acceptors (Lipinski definition) is 8. The molecule has 1 aliphatic heterocycles. The highest BCUT2D eigenvalue weighted by Crippen LogP contribution is 2.34. The van der Waals surface area contributed by atoms with E-state index < -0.39 is 17.8 Å². The van der Waals surface area contributed by atoms with Gasteiger partial charge in [0.1, 0.15) is 5.78 Å². The molecular formula is C29H46N2O8. The number of hydroxylamine groups is 2. The third-order valence-corrected chi connectivity index (χ3v) is 8.07. The topological polar surface area (TPSA) is 128 Å². The van der Waals surface area contributed by atoms with Crippen molar-refractivity contribution in [2.75, 3.05) is 33.0 Å². The Kier molecular flexibility index (Phi) is 13.9. The number of imide groups is 1. The SMILES string of the molecule is O=C(CCOCCOCCNC(=O)C1CCC(C(=O)C2CCCCCCCCC2)CC1)ON1C(=O)CCC1=O. The van der Waals surface area contributed by atoms with E-state index in [2.05, 4.69) is 5.32 Å². The summed E-state index contributed by atoms with van der Waals surface area (Å²) in [4.78, 5) is 65.0. The number of rotatable bonds is 13. The second-order valence-corrected chi connectivity index (χ2v) is 11.0. The number of ketones is 1. The quantitative estimate of drug-likeness (QED) is 0.272. The van der Waals surface area contributed by atoms with Gasteiger partial charge in [0, 0.05) is 37.1 Å². The lowest BCUT2D eigenvalue weighted by molar-refractivity contribution is -0.198. The Morgan fingerprint density at radius 3 is 1.79 bits per heavy atom. The number of nitrogens with zero attached hydrogens (tertiary/aromatic N) is 1. The molecule has 2 aliphatic carbocycles. The molecule has 3 rings (SSSR count). The van der Waals surface area contributed by atoms with Gasteiger partial charge in [0.2, 0.25) is 5.91 Å². The van der Waals surface area contributed by atoms with Gasteiger partial charge in [-0.1, -0.05) is 44.9 Å². The first-order chi connectivity index (χ1) is 19.0. The molecule has 10 nitrogen and oxygen atoms in total. The van der Waals surface area contributed by atoms with Crippen molar-refractivity contribution in [1.29, 1.82) is 0 Å². The molecule has 0 aromatic carbocycles. The minimum absolute atomic E-state index is 0.0349. The number of carbonyl (C=O) groups excluding carboxylic acids is 5. The van der Waals surface area contributed by atoms with Crippen LogP contribution >= 0.6 is 0 Å². The van der Waals surface area contributed by atoms with Gasteiger partial charge in [0.25, 0.3) is 11.8 Å². The molecule has 3 aliphatic rings. The van der Waals surface area contributed by atoms with Crippen molar-refractivity contribution in [2.45, 2.75) is 103 Å². The second-order valence-electron chi connectivity index (χ2n) is 11.0. The molecule has 10 heteroatoms.